The number of carbonyl (C=O) groups excluding carboxylic acids is 1. The van der Waals surface area contributed by atoms with Crippen molar-refractivity contribution in [3.63, 3.8) is 0 Å². The fourth-order valence-corrected chi connectivity index (χ4v) is 2.80. The lowest BCUT2D eigenvalue weighted by Crippen LogP contribution is -2.32. The average Bonchev–Trinajstić information content (AvgIpc) is 2.98. The standard InChI is InChI=1S/C17H27N3O.2ClH/c1-18-10-7-17(21)19-13-16-9-12-20(14-16)11-8-15-5-3-2-4-6-15;;/h2-6,16,18H,7-14H2,1H3,(H,19,21);2*1H. The molecule has 0 spiro atoms. The minimum atomic E-state index is 0. The van der Waals surface area contributed by atoms with Gasteiger partial charge in [-0.05, 0) is 37.9 Å². The van der Waals surface area contributed by atoms with Crippen molar-refractivity contribution < 1.29 is 4.79 Å². The molecular formula is C17H29Cl2N3O. The fraction of sp³-hybridized carbons (Fsp3) is 0.588. The molecule has 1 aromatic carbocycles. The molecule has 2 N–H and O–H groups in total. The van der Waals surface area contributed by atoms with E-state index in [9.17, 15) is 4.79 Å². The lowest BCUT2D eigenvalue weighted by atomic mass is 10.1. The van der Waals surface area contributed by atoms with Crippen LogP contribution in [0.15, 0.2) is 30.3 Å². The van der Waals surface area contributed by atoms with Crippen LogP contribution in [-0.4, -0.2) is 50.6 Å². The maximum Gasteiger partial charge on any atom is 0.221 e. The van der Waals surface area contributed by atoms with E-state index < -0.39 is 0 Å². The maximum absolute atomic E-state index is 11.6. The first-order chi connectivity index (χ1) is 10.3. The second-order valence-electron chi connectivity index (χ2n) is 5.85. The predicted octanol–water partition coefficient (Wildman–Crippen LogP) is 2.12. The van der Waals surface area contributed by atoms with Crippen molar-refractivity contribution in [2.75, 3.05) is 39.8 Å². The van der Waals surface area contributed by atoms with Crippen LogP contribution >= 0.6 is 24.8 Å². The Morgan fingerprint density at radius 2 is 2.00 bits per heavy atom. The zero-order valence-electron chi connectivity index (χ0n) is 13.8. The smallest absolute Gasteiger partial charge is 0.221 e. The molecular weight excluding hydrogens is 333 g/mol. The Bertz CT molecular complexity index is 431. The van der Waals surface area contributed by atoms with Gasteiger partial charge >= 0.3 is 0 Å². The van der Waals surface area contributed by atoms with Gasteiger partial charge in [0.25, 0.3) is 0 Å². The van der Waals surface area contributed by atoms with Crippen LogP contribution in [0.25, 0.3) is 0 Å². The minimum absolute atomic E-state index is 0. The highest BCUT2D eigenvalue weighted by Crippen LogP contribution is 2.16. The van der Waals surface area contributed by atoms with Gasteiger partial charge in [-0.25, -0.2) is 0 Å². The van der Waals surface area contributed by atoms with Crippen molar-refractivity contribution in [1.82, 2.24) is 15.5 Å². The Morgan fingerprint density at radius 1 is 1.26 bits per heavy atom. The summed E-state index contributed by atoms with van der Waals surface area (Å²) in [5, 5.41) is 6.04. The number of amides is 1. The highest BCUT2D eigenvalue weighted by atomic mass is 35.5. The molecule has 1 aromatic rings. The van der Waals surface area contributed by atoms with Crippen molar-refractivity contribution >= 4 is 30.7 Å². The molecule has 132 valence electrons. The molecule has 1 fully saturated rings. The third-order valence-corrected chi connectivity index (χ3v) is 4.12. The largest absolute Gasteiger partial charge is 0.356 e. The first-order valence-electron chi connectivity index (χ1n) is 7.95. The number of halogens is 2. The summed E-state index contributed by atoms with van der Waals surface area (Å²) >= 11 is 0. The first kappa shape index (κ1) is 22.2. The molecule has 1 unspecified atom stereocenters. The number of carbonyl (C=O) groups is 1. The normalized spacial score (nSPS) is 17.2. The molecule has 1 heterocycles. The van der Waals surface area contributed by atoms with Crippen molar-refractivity contribution in [1.29, 1.82) is 0 Å². The minimum Gasteiger partial charge on any atom is -0.356 e. The van der Waals surface area contributed by atoms with E-state index in [4.69, 9.17) is 0 Å². The van der Waals surface area contributed by atoms with E-state index in [0.29, 0.717) is 12.3 Å². The molecule has 0 aliphatic carbocycles. The quantitative estimate of drug-likeness (QED) is 0.745. The molecule has 2 rings (SSSR count). The summed E-state index contributed by atoms with van der Waals surface area (Å²) in [5.41, 5.74) is 1.40. The zero-order chi connectivity index (χ0) is 14.9. The van der Waals surface area contributed by atoms with Gasteiger partial charge in [0.2, 0.25) is 5.91 Å². The second kappa shape index (κ2) is 12.6. The molecule has 1 amide bonds. The number of hydrogen-bond acceptors (Lipinski definition) is 3. The van der Waals surface area contributed by atoms with Gasteiger partial charge in [-0.15, -0.1) is 24.8 Å². The van der Waals surface area contributed by atoms with Crippen LogP contribution in [-0.2, 0) is 11.2 Å². The van der Waals surface area contributed by atoms with E-state index in [1.165, 1.54) is 12.0 Å². The molecule has 1 atom stereocenters. The van der Waals surface area contributed by atoms with Gasteiger partial charge in [-0.2, -0.15) is 0 Å². The molecule has 0 bridgehead atoms. The topological polar surface area (TPSA) is 44.4 Å². The molecule has 4 nitrogen and oxygen atoms in total. The van der Waals surface area contributed by atoms with Gasteiger partial charge in [0.15, 0.2) is 0 Å². The Labute approximate surface area is 152 Å². The number of rotatable bonds is 8. The molecule has 1 saturated heterocycles. The number of nitrogens with one attached hydrogen (secondary N) is 2. The molecule has 0 aromatic heterocycles. The van der Waals surface area contributed by atoms with Gasteiger partial charge in [0.05, 0.1) is 0 Å². The third kappa shape index (κ3) is 8.56. The number of benzene rings is 1. The first-order valence-corrected chi connectivity index (χ1v) is 7.95. The number of likely N-dealkylation sites (tertiary alicyclic amines) is 1. The summed E-state index contributed by atoms with van der Waals surface area (Å²) < 4.78 is 0. The van der Waals surface area contributed by atoms with Gasteiger partial charge in [-0.3, -0.25) is 4.79 Å². The second-order valence-corrected chi connectivity index (χ2v) is 5.85. The van der Waals surface area contributed by atoms with Crippen LogP contribution in [0.3, 0.4) is 0 Å². The Balaban J connectivity index is 0.00000242. The molecule has 1 aliphatic heterocycles. The zero-order valence-corrected chi connectivity index (χ0v) is 15.4. The predicted molar refractivity (Wildman–Crippen MR) is 101 cm³/mol. The van der Waals surface area contributed by atoms with Crippen molar-refractivity contribution in [3.8, 4) is 0 Å². The van der Waals surface area contributed by atoms with Crippen LogP contribution in [0.5, 0.6) is 0 Å². The van der Waals surface area contributed by atoms with E-state index in [1.807, 2.05) is 7.05 Å². The fourth-order valence-electron chi connectivity index (χ4n) is 2.80. The van der Waals surface area contributed by atoms with E-state index in [-0.39, 0.29) is 30.7 Å². The molecule has 6 heteroatoms. The van der Waals surface area contributed by atoms with E-state index in [0.717, 1.165) is 39.1 Å². The van der Waals surface area contributed by atoms with Crippen LogP contribution in [0.2, 0.25) is 0 Å². The van der Waals surface area contributed by atoms with E-state index in [1.54, 1.807) is 0 Å². The lowest BCUT2D eigenvalue weighted by molar-refractivity contribution is -0.121. The SMILES string of the molecule is CNCCC(=O)NCC1CCN(CCc2ccccc2)C1.Cl.Cl. The summed E-state index contributed by atoms with van der Waals surface area (Å²) in [4.78, 5) is 14.1. The van der Waals surface area contributed by atoms with Gasteiger partial charge in [0, 0.05) is 32.6 Å². The Hall–Kier alpha value is -0.810. The van der Waals surface area contributed by atoms with Gasteiger partial charge < -0.3 is 15.5 Å². The van der Waals surface area contributed by atoms with Crippen molar-refractivity contribution in [2.45, 2.75) is 19.3 Å². The number of hydrogen-bond donors (Lipinski definition) is 2. The monoisotopic (exact) mass is 361 g/mol. The molecule has 0 radical (unpaired) electrons. The van der Waals surface area contributed by atoms with Gasteiger partial charge in [-0.1, -0.05) is 30.3 Å². The summed E-state index contributed by atoms with van der Waals surface area (Å²) in [6, 6.07) is 10.6. The molecule has 23 heavy (non-hydrogen) atoms. The van der Waals surface area contributed by atoms with E-state index >= 15 is 0 Å². The summed E-state index contributed by atoms with van der Waals surface area (Å²) in [5.74, 6) is 0.770. The molecule has 1 aliphatic rings. The Kier molecular flexibility index (Phi) is 12.1. The number of nitrogens with zero attached hydrogens (tertiary/aromatic N) is 1. The third-order valence-electron chi connectivity index (χ3n) is 4.12. The van der Waals surface area contributed by atoms with Gasteiger partial charge in [0.1, 0.15) is 0 Å². The summed E-state index contributed by atoms with van der Waals surface area (Å²) in [7, 11) is 1.87. The summed E-state index contributed by atoms with van der Waals surface area (Å²) in [6.45, 7) is 4.96. The van der Waals surface area contributed by atoms with Crippen LogP contribution in [0.4, 0.5) is 0 Å². The Morgan fingerprint density at radius 3 is 2.70 bits per heavy atom. The van der Waals surface area contributed by atoms with Crippen LogP contribution < -0.4 is 10.6 Å². The van der Waals surface area contributed by atoms with Crippen molar-refractivity contribution in [2.24, 2.45) is 5.92 Å². The highest BCUT2D eigenvalue weighted by molar-refractivity contribution is 5.85. The van der Waals surface area contributed by atoms with Crippen LogP contribution in [0.1, 0.15) is 18.4 Å². The molecule has 0 saturated carbocycles. The lowest BCUT2D eigenvalue weighted by Gasteiger charge is -2.16. The van der Waals surface area contributed by atoms with Crippen molar-refractivity contribution in [3.05, 3.63) is 35.9 Å². The maximum atomic E-state index is 11.6. The van der Waals surface area contributed by atoms with Crippen LogP contribution in [0, 0.1) is 5.92 Å². The highest BCUT2D eigenvalue weighted by Gasteiger charge is 2.22. The summed E-state index contributed by atoms with van der Waals surface area (Å²) in [6.07, 6.45) is 2.88. The average molecular weight is 362 g/mol. The van der Waals surface area contributed by atoms with E-state index in [2.05, 4.69) is 45.9 Å².